The molecule has 1 amide bonds. The van der Waals surface area contributed by atoms with Gasteiger partial charge in [0.25, 0.3) is 5.91 Å². The summed E-state index contributed by atoms with van der Waals surface area (Å²) >= 11 is 0. The molecule has 8 heteroatoms. The number of anilines is 1. The first-order chi connectivity index (χ1) is 9.63. The van der Waals surface area contributed by atoms with Crippen LogP contribution in [0.3, 0.4) is 0 Å². The van der Waals surface area contributed by atoms with E-state index in [1.54, 1.807) is 0 Å². The van der Waals surface area contributed by atoms with Crippen molar-refractivity contribution in [2.75, 3.05) is 5.32 Å². The summed E-state index contributed by atoms with van der Waals surface area (Å²) in [4.78, 5) is 19.5. The maximum absolute atomic E-state index is 13.7. The lowest BCUT2D eigenvalue weighted by Gasteiger charge is -2.10. The molecule has 0 aliphatic carbocycles. The average Bonchev–Trinajstić information content (AvgIpc) is 2.47. The van der Waals surface area contributed by atoms with Gasteiger partial charge in [0.1, 0.15) is 11.5 Å². The number of carbonyl (C=O) groups excluding carboxylic acids is 1. The Kier molecular flexibility index (Phi) is 3.85. The molecule has 0 aliphatic rings. The van der Waals surface area contributed by atoms with E-state index in [9.17, 15) is 9.18 Å². The minimum absolute atomic E-state index is 0.0576. The van der Waals surface area contributed by atoms with Gasteiger partial charge in [-0.3, -0.25) is 9.78 Å². The minimum atomic E-state index is -0.725. The number of amides is 1. The van der Waals surface area contributed by atoms with Crippen LogP contribution in [-0.2, 0) is 0 Å². The predicted molar refractivity (Wildman–Crippen MR) is 68.9 cm³/mol. The maximum atomic E-state index is 13.7. The van der Waals surface area contributed by atoms with Gasteiger partial charge in [-0.1, -0.05) is 11.2 Å². The standard InChI is InChI=1S/C12H10FN5O2/c13-7-2-1-3-8(10(7)11(14)18-20)17-12(19)9-6-15-4-5-16-9/h1-6,20H,(H2,14,18)(H,17,19). The lowest BCUT2D eigenvalue weighted by Crippen LogP contribution is -2.21. The second-order valence-corrected chi connectivity index (χ2v) is 3.69. The van der Waals surface area contributed by atoms with Gasteiger partial charge in [0, 0.05) is 12.4 Å². The Hall–Kier alpha value is -3.03. The molecule has 1 aromatic carbocycles. The molecule has 0 saturated heterocycles. The number of nitrogens with zero attached hydrogens (tertiary/aromatic N) is 3. The van der Waals surface area contributed by atoms with Crippen LogP contribution < -0.4 is 11.1 Å². The zero-order valence-corrected chi connectivity index (χ0v) is 10.1. The zero-order chi connectivity index (χ0) is 14.5. The maximum Gasteiger partial charge on any atom is 0.275 e. The number of aromatic nitrogens is 2. The first-order valence-corrected chi connectivity index (χ1v) is 5.47. The highest BCUT2D eigenvalue weighted by atomic mass is 19.1. The number of halogens is 1. The van der Waals surface area contributed by atoms with Gasteiger partial charge < -0.3 is 16.3 Å². The average molecular weight is 275 g/mol. The van der Waals surface area contributed by atoms with E-state index in [0.717, 1.165) is 6.07 Å². The van der Waals surface area contributed by atoms with Crippen LogP contribution in [0, 0.1) is 5.82 Å². The highest BCUT2D eigenvalue weighted by molar-refractivity contribution is 6.09. The fourth-order valence-electron chi connectivity index (χ4n) is 1.54. The van der Waals surface area contributed by atoms with Crippen molar-refractivity contribution in [2.24, 2.45) is 10.9 Å². The molecule has 1 aromatic heterocycles. The molecule has 0 saturated carbocycles. The van der Waals surface area contributed by atoms with Crippen molar-refractivity contribution in [1.82, 2.24) is 9.97 Å². The lowest BCUT2D eigenvalue weighted by molar-refractivity contribution is 0.102. The van der Waals surface area contributed by atoms with Crippen molar-refractivity contribution >= 4 is 17.4 Å². The number of hydrogen-bond donors (Lipinski definition) is 3. The number of carbonyl (C=O) groups is 1. The summed E-state index contributed by atoms with van der Waals surface area (Å²) in [6.45, 7) is 0. The molecule has 1 heterocycles. The molecule has 2 rings (SSSR count). The molecule has 4 N–H and O–H groups in total. The van der Waals surface area contributed by atoms with E-state index in [1.807, 2.05) is 0 Å². The molecule has 7 nitrogen and oxygen atoms in total. The second kappa shape index (κ2) is 5.74. The van der Waals surface area contributed by atoms with Crippen LogP contribution >= 0.6 is 0 Å². The molecule has 0 aliphatic heterocycles. The summed E-state index contributed by atoms with van der Waals surface area (Å²) in [5.74, 6) is -1.76. The molecular formula is C12H10FN5O2. The summed E-state index contributed by atoms with van der Waals surface area (Å²) < 4.78 is 13.7. The van der Waals surface area contributed by atoms with Gasteiger partial charge in [0.15, 0.2) is 5.84 Å². The summed E-state index contributed by atoms with van der Waals surface area (Å²) in [5.41, 5.74) is 5.31. The van der Waals surface area contributed by atoms with E-state index in [2.05, 4.69) is 20.4 Å². The van der Waals surface area contributed by atoms with Crippen LogP contribution in [0.2, 0.25) is 0 Å². The van der Waals surface area contributed by atoms with Crippen LogP contribution in [0.5, 0.6) is 0 Å². The summed E-state index contributed by atoms with van der Waals surface area (Å²) in [5, 5.41) is 13.8. The van der Waals surface area contributed by atoms with Gasteiger partial charge in [-0.15, -0.1) is 0 Å². The number of benzene rings is 1. The van der Waals surface area contributed by atoms with Crippen molar-refractivity contribution in [3.63, 3.8) is 0 Å². The van der Waals surface area contributed by atoms with Crippen molar-refractivity contribution in [3.05, 3.63) is 53.9 Å². The lowest BCUT2D eigenvalue weighted by atomic mass is 10.1. The van der Waals surface area contributed by atoms with Crippen LogP contribution in [0.4, 0.5) is 10.1 Å². The van der Waals surface area contributed by atoms with Crippen molar-refractivity contribution < 1.29 is 14.4 Å². The largest absolute Gasteiger partial charge is 0.409 e. The van der Waals surface area contributed by atoms with Crippen LogP contribution in [0.25, 0.3) is 0 Å². The van der Waals surface area contributed by atoms with Gasteiger partial charge in [-0.05, 0) is 12.1 Å². The summed E-state index contributed by atoms with van der Waals surface area (Å²) in [6, 6.07) is 3.94. The van der Waals surface area contributed by atoms with Gasteiger partial charge in [-0.2, -0.15) is 0 Å². The van der Waals surface area contributed by atoms with Crippen molar-refractivity contribution in [1.29, 1.82) is 0 Å². The first-order valence-electron chi connectivity index (χ1n) is 5.47. The molecule has 0 fully saturated rings. The summed E-state index contributed by atoms with van der Waals surface area (Å²) in [7, 11) is 0. The Labute approximate surface area is 113 Å². The molecular weight excluding hydrogens is 265 g/mol. The third-order valence-electron chi connectivity index (χ3n) is 2.42. The fourth-order valence-corrected chi connectivity index (χ4v) is 1.54. The van der Waals surface area contributed by atoms with E-state index in [0.29, 0.717) is 0 Å². The fraction of sp³-hybridized carbons (Fsp3) is 0. The molecule has 0 bridgehead atoms. The minimum Gasteiger partial charge on any atom is -0.409 e. The number of amidine groups is 1. The third kappa shape index (κ3) is 2.69. The van der Waals surface area contributed by atoms with E-state index in [1.165, 1.54) is 30.7 Å². The Morgan fingerprint density at radius 3 is 2.85 bits per heavy atom. The van der Waals surface area contributed by atoms with E-state index in [4.69, 9.17) is 10.9 Å². The van der Waals surface area contributed by atoms with E-state index in [-0.39, 0.29) is 16.9 Å². The number of rotatable bonds is 3. The Bertz CT molecular complexity index is 660. The molecule has 0 radical (unpaired) electrons. The number of hydrogen-bond acceptors (Lipinski definition) is 5. The normalized spacial score (nSPS) is 11.2. The molecule has 0 atom stereocenters. The Morgan fingerprint density at radius 2 is 2.20 bits per heavy atom. The van der Waals surface area contributed by atoms with Crippen molar-refractivity contribution in [2.45, 2.75) is 0 Å². The van der Waals surface area contributed by atoms with Gasteiger partial charge in [-0.25, -0.2) is 9.37 Å². The van der Waals surface area contributed by atoms with Crippen molar-refractivity contribution in [3.8, 4) is 0 Å². The van der Waals surface area contributed by atoms with Crippen LogP contribution in [-0.4, -0.2) is 26.9 Å². The monoisotopic (exact) mass is 275 g/mol. The van der Waals surface area contributed by atoms with Gasteiger partial charge >= 0.3 is 0 Å². The number of nitrogens with two attached hydrogens (primary N) is 1. The van der Waals surface area contributed by atoms with E-state index < -0.39 is 17.6 Å². The van der Waals surface area contributed by atoms with E-state index >= 15 is 0 Å². The SMILES string of the molecule is NC(=NO)c1c(F)cccc1NC(=O)c1cnccn1. The highest BCUT2D eigenvalue weighted by Gasteiger charge is 2.16. The van der Waals surface area contributed by atoms with Gasteiger partial charge in [0.2, 0.25) is 0 Å². The Morgan fingerprint density at radius 1 is 1.40 bits per heavy atom. The number of oxime groups is 1. The second-order valence-electron chi connectivity index (χ2n) is 3.69. The molecule has 20 heavy (non-hydrogen) atoms. The topological polar surface area (TPSA) is 113 Å². The highest BCUT2D eigenvalue weighted by Crippen LogP contribution is 2.19. The zero-order valence-electron chi connectivity index (χ0n) is 10.1. The molecule has 0 unspecified atom stereocenters. The van der Waals surface area contributed by atoms with Crippen LogP contribution in [0.1, 0.15) is 16.1 Å². The predicted octanol–water partition coefficient (Wildman–Crippen LogP) is 0.963. The molecule has 2 aromatic rings. The molecule has 102 valence electrons. The first kappa shape index (κ1) is 13.4. The molecule has 0 spiro atoms. The smallest absolute Gasteiger partial charge is 0.275 e. The van der Waals surface area contributed by atoms with Gasteiger partial charge in [0.05, 0.1) is 17.4 Å². The number of nitrogens with one attached hydrogen (secondary N) is 1. The third-order valence-corrected chi connectivity index (χ3v) is 2.42. The quantitative estimate of drug-likeness (QED) is 0.334. The van der Waals surface area contributed by atoms with Crippen LogP contribution in [0.15, 0.2) is 41.9 Å². The Balaban J connectivity index is 2.35. The summed E-state index contributed by atoms with van der Waals surface area (Å²) in [6.07, 6.45) is 4.03.